The first-order valence-electron chi connectivity index (χ1n) is 3.91. The number of hydrogen-bond acceptors (Lipinski definition) is 4. The van der Waals surface area contributed by atoms with Crippen LogP contribution in [-0.4, -0.2) is 13.4 Å². The zero-order valence-corrected chi connectivity index (χ0v) is 7.36. The third-order valence-electron chi connectivity index (χ3n) is 2.12. The van der Waals surface area contributed by atoms with Crippen molar-refractivity contribution in [2.24, 2.45) is 10.8 Å². The van der Waals surface area contributed by atoms with Gasteiger partial charge in [-0.25, -0.2) is 0 Å². The number of fused-ring (bicyclic) bond motifs is 1. The zero-order valence-electron chi connectivity index (χ0n) is 7.36. The van der Waals surface area contributed by atoms with Crippen LogP contribution in [0.5, 0.6) is 0 Å². The molecule has 0 aliphatic carbocycles. The summed E-state index contributed by atoms with van der Waals surface area (Å²) in [6.45, 7) is 0. The number of hydrogen-bond donors (Lipinski definition) is 3. The van der Waals surface area contributed by atoms with Crippen molar-refractivity contribution in [3.63, 3.8) is 0 Å². The van der Waals surface area contributed by atoms with Crippen molar-refractivity contribution in [3.05, 3.63) is 12.1 Å². The summed E-state index contributed by atoms with van der Waals surface area (Å²) < 4.78 is 0.0617. The second-order valence-corrected chi connectivity index (χ2v) is 3.33. The molecular weight excluding hydrogens is 166 g/mol. The fourth-order valence-electron chi connectivity index (χ4n) is 1.49. The minimum absolute atomic E-state index is 0.0617. The van der Waals surface area contributed by atoms with E-state index in [4.69, 9.17) is 17.3 Å². The van der Waals surface area contributed by atoms with Crippen LogP contribution >= 0.6 is 0 Å². The molecule has 1 unspecified atom stereocenters. The van der Waals surface area contributed by atoms with Crippen LogP contribution in [-0.2, 0) is 0 Å². The fourth-order valence-corrected chi connectivity index (χ4v) is 1.49. The summed E-state index contributed by atoms with van der Waals surface area (Å²) in [5.41, 5.74) is 14.2. The van der Waals surface area contributed by atoms with Gasteiger partial charge in [-0.1, -0.05) is 0 Å². The molecule has 1 atom stereocenters. The highest BCUT2D eigenvalue weighted by Crippen LogP contribution is 2.43. The van der Waals surface area contributed by atoms with E-state index < -0.39 is 0 Å². The highest BCUT2D eigenvalue weighted by atomic mass is 15.6. The molecule has 5 heteroatoms. The van der Waals surface area contributed by atoms with Crippen LogP contribution in [0.4, 0.5) is 22.7 Å². The lowest BCUT2D eigenvalue weighted by Gasteiger charge is -2.19. The molecule has 2 rings (SSSR count). The molecule has 0 spiro atoms. The molecule has 0 amide bonds. The first-order valence-corrected chi connectivity index (χ1v) is 3.91. The Kier molecular flexibility index (Phi) is 1.37. The van der Waals surface area contributed by atoms with E-state index in [1.807, 2.05) is 0 Å². The minimum atomic E-state index is 0.0617. The van der Waals surface area contributed by atoms with E-state index >= 15 is 0 Å². The minimum Gasteiger partial charge on any atom is -0.397 e. The number of nitrogen functional groups attached to an aromatic ring is 2. The lowest BCUT2D eigenvalue weighted by Crippen LogP contribution is -2.49. The number of anilines is 2. The summed E-state index contributed by atoms with van der Waals surface area (Å²) in [4.78, 5) is 4.13. The topological polar surface area (TPSA) is 90.4 Å². The summed E-state index contributed by atoms with van der Waals surface area (Å²) in [6, 6.07) is 3.48. The number of aliphatic imine (C=N–C) groups is 1. The van der Waals surface area contributed by atoms with Gasteiger partial charge in [0.1, 0.15) is 0 Å². The van der Waals surface area contributed by atoms with Gasteiger partial charge in [0.15, 0.2) is 5.69 Å². The van der Waals surface area contributed by atoms with Crippen molar-refractivity contribution in [1.82, 2.24) is 4.59 Å². The van der Waals surface area contributed by atoms with E-state index in [9.17, 15) is 0 Å². The summed E-state index contributed by atoms with van der Waals surface area (Å²) in [5.74, 6) is 5.91. The van der Waals surface area contributed by atoms with E-state index in [0.29, 0.717) is 17.1 Å². The summed E-state index contributed by atoms with van der Waals surface area (Å²) >= 11 is 0. The van der Waals surface area contributed by atoms with Crippen LogP contribution in [0.15, 0.2) is 17.1 Å². The zero-order chi connectivity index (χ0) is 9.64. The third-order valence-corrected chi connectivity index (χ3v) is 2.12. The lowest BCUT2D eigenvalue weighted by molar-refractivity contribution is 0.546. The average Bonchev–Trinajstić information content (AvgIpc) is 2.36. The third kappa shape index (κ3) is 0.980. The number of benzene rings is 1. The van der Waals surface area contributed by atoms with E-state index in [2.05, 4.69) is 4.99 Å². The van der Waals surface area contributed by atoms with Crippen LogP contribution in [0.3, 0.4) is 0 Å². The molecule has 1 aromatic carbocycles. The molecule has 0 fully saturated rings. The second-order valence-electron chi connectivity index (χ2n) is 3.33. The van der Waals surface area contributed by atoms with Crippen molar-refractivity contribution in [2.75, 3.05) is 18.5 Å². The molecule has 13 heavy (non-hydrogen) atoms. The first kappa shape index (κ1) is 8.03. The van der Waals surface area contributed by atoms with Gasteiger partial charge in [-0.15, -0.1) is 0 Å². The predicted molar refractivity (Wildman–Crippen MR) is 55.3 cm³/mol. The van der Waals surface area contributed by atoms with E-state index in [-0.39, 0.29) is 4.59 Å². The first-order chi connectivity index (χ1) is 6.02. The average molecular weight is 178 g/mol. The van der Waals surface area contributed by atoms with Crippen molar-refractivity contribution < 1.29 is 0 Å². The molecule has 0 saturated carbocycles. The maximum atomic E-state index is 5.91. The Balaban J connectivity index is 2.76. The van der Waals surface area contributed by atoms with Gasteiger partial charge in [0, 0.05) is 0 Å². The van der Waals surface area contributed by atoms with Gasteiger partial charge in [0.05, 0.1) is 18.4 Å². The molecule has 1 aromatic rings. The van der Waals surface area contributed by atoms with Gasteiger partial charge >= 0.3 is 0 Å². The summed E-state index contributed by atoms with van der Waals surface area (Å²) in [6.07, 6.45) is 1.61. The van der Waals surface area contributed by atoms with Crippen molar-refractivity contribution >= 4 is 29.1 Å². The standard InChI is InChI=1S/C8H12N5/c1-13(11)4-12-7-5(9)2-3-6(10)8(7)13/h2-4H,9-11H2,1H3/q+1. The van der Waals surface area contributed by atoms with E-state index in [0.717, 1.165) is 5.69 Å². The Morgan fingerprint density at radius 3 is 2.46 bits per heavy atom. The van der Waals surface area contributed by atoms with Gasteiger partial charge < -0.3 is 11.5 Å². The van der Waals surface area contributed by atoms with Crippen LogP contribution in [0.1, 0.15) is 0 Å². The predicted octanol–water partition coefficient (Wildman–Crippen LogP) is 0.335. The molecule has 0 aromatic heterocycles. The molecule has 6 N–H and O–H groups in total. The molecule has 1 heterocycles. The molecule has 0 bridgehead atoms. The summed E-state index contributed by atoms with van der Waals surface area (Å²) in [7, 11) is 1.80. The second kappa shape index (κ2) is 2.21. The van der Waals surface area contributed by atoms with Gasteiger partial charge in [0.2, 0.25) is 12.0 Å². The quantitative estimate of drug-likeness (QED) is 0.304. The highest BCUT2D eigenvalue weighted by Gasteiger charge is 2.32. The Bertz CT molecular complexity index is 394. The molecule has 1 aliphatic heterocycles. The van der Waals surface area contributed by atoms with Gasteiger partial charge in [-0.05, 0) is 12.1 Å². The molecule has 0 radical (unpaired) electrons. The highest BCUT2D eigenvalue weighted by molar-refractivity contribution is 5.98. The van der Waals surface area contributed by atoms with Gasteiger partial charge in [-0.3, -0.25) is 0 Å². The normalized spacial score (nSPS) is 24.8. The lowest BCUT2D eigenvalue weighted by atomic mass is 10.2. The number of nitrogens with two attached hydrogens (primary N) is 3. The van der Waals surface area contributed by atoms with E-state index in [1.165, 1.54) is 0 Å². The molecule has 0 saturated heterocycles. The Hall–Kier alpha value is -1.59. The summed E-state index contributed by atoms with van der Waals surface area (Å²) in [5, 5.41) is 0. The largest absolute Gasteiger partial charge is 0.397 e. The SMILES string of the molecule is C[N+]1(N)C=Nc2c(N)ccc(N)c21. The maximum Gasteiger partial charge on any atom is 0.215 e. The van der Waals surface area contributed by atoms with E-state index in [1.54, 1.807) is 25.5 Å². The maximum absolute atomic E-state index is 5.91. The van der Waals surface area contributed by atoms with Gasteiger partial charge in [0.25, 0.3) is 0 Å². The van der Waals surface area contributed by atoms with Crippen LogP contribution in [0.25, 0.3) is 0 Å². The van der Waals surface area contributed by atoms with Gasteiger partial charge in [-0.2, -0.15) is 15.4 Å². The Labute approximate surface area is 76.0 Å². The number of quaternary nitrogens is 1. The van der Waals surface area contributed by atoms with Crippen LogP contribution < -0.4 is 21.9 Å². The molecule has 68 valence electrons. The van der Waals surface area contributed by atoms with Crippen LogP contribution in [0, 0.1) is 0 Å². The molecule has 5 nitrogen and oxygen atoms in total. The van der Waals surface area contributed by atoms with Crippen molar-refractivity contribution in [3.8, 4) is 0 Å². The smallest absolute Gasteiger partial charge is 0.215 e. The van der Waals surface area contributed by atoms with Crippen LogP contribution in [0.2, 0.25) is 0 Å². The Morgan fingerprint density at radius 1 is 1.23 bits per heavy atom. The number of rotatable bonds is 0. The van der Waals surface area contributed by atoms with Crippen molar-refractivity contribution in [2.45, 2.75) is 0 Å². The monoisotopic (exact) mass is 178 g/mol. The molecular formula is C8H12N5+. The van der Waals surface area contributed by atoms with Crippen molar-refractivity contribution in [1.29, 1.82) is 0 Å². The number of nitrogens with zero attached hydrogens (tertiary/aromatic N) is 2. The molecule has 1 aliphatic rings. The fraction of sp³-hybridized carbons (Fsp3) is 0.125. The Morgan fingerprint density at radius 2 is 1.85 bits per heavy atom.